The summed E-state index contributed by atoms with van der Waals surface area (Å²) in [6.07, 6.45) is 2.58. The molecule has 1 unspecified atom stereocenters. The van der Waals surface area contributed by atoms with Crippen molar-refractivity contribution in [2.24, 2.45) is 0 Å². The number of rotatable bonds is 8. The van der Waals surface area contributed by atoms with Gasteiger partial charge in [0.2, 0.25) is 0 Å². The van der Waals surface area contributed by atoms with Crippen LogP contribution in [0.5, 0.6) is 0 Å². The molecule has 0 aliphatic heterocycles. The zero-order valence-corrected chi connectivity index (χ0v) is 12.5. The number of hydrogen-bond donors (Lipinski definition) is 3. The third kappa shape index (κ3) is 4.67. The van der Waals surface area contributed by atoms with Gasteiger partial charge < -0.3 is 15.7 Å². The zero-order chi connectivity index (χ0) is 14.3. The third-order valence-electron chi connectivity index (χ3n) is 3.00. The van der Waals surface area contributed by atoms with Crippen LogP contribution in [0.25, 0.3) is 0 Å². The van der Waals surface area contributed by atoms with Gasteiger partial charge in [-0.3, -0.25) is 0 Å². The Morgan fingerprint density at radius 3 is 2.47 bits per heavy atom. The number of aryl methyl sites for hydroxylation is 1. The maximum atomic E-state index is 8.97. The van der Waals surface area contributed by atoms with E-state index in [1.807, 2.05) is 13.8 Å². The average Bonchev–Trinajstić information content (AvgIpc) is 2.40. The Morgan fingerprint density at radius 1 is 1.21 bits per heavy atom. The smallest absolute Gasteiger partial charge is 0.134 e. The monoisotopic (exact) mass is 266 g/mol. The van der Waals surface area contributed by atoms with Crippen molar-refractivity contribution < 1.29 is 5.11 Å². The molecule has 5 heteroatoms. The second kappa shape index (κ2) is 7.94. The van der Waals surface area contributed by atoms with E-state index in [1.54, 1.807) is 0 Å². The highest BCUT2D eigenvalue weighted by atomic mass is 16.3. The van der Waals surface area contributed by atoms with E-state index in [0.717, 1.165) is 42.4 Å². The first-order chi connectivity index (χ1) is 9.12. The lowest BCUT2D eigenvalue weighted by molar-refractivity contribution is 0.282. The van der Waals surface area contributed by atoms with Crippen molar-refractivity contribution in [2.45, 2.75) is 53.0 Å². The Bertz CT molecular complexity index is 395. The van der Waals surface area contributed by atoms with E-state index < -0.39 is 0 Å². The summed E-state index contributed by atoms with van der Waals surface area (Å²) >= 11 is 0. The summed E-state index contributed by atoms with van der Waals surface area (Å²) < 4.78 is 0. The van der Waals surface area contributed by atoms with Gasteiger partial charge in [-0.25, -0.2) is 9.97 Å². The van der Waals surface area contributed by atoms with E-state index in [1.165, 1.54) is 0 Å². The molecule has 1 rings (SSSR count). The molecule has 0 aromatic carbocycles. The molecule has 1 aromatic heterocycles. The van der Waals surface area contributed by atoms with Gasteiger partial charge in [0, 0.05) is 31.2 Å². The van der Waals surface area contributed by atoms with Crippen LogP contribution in [0.15, 0.2) is 0 Å². The molecule has 0 fully saturated rings. The van der Waals surface area contributed by atoms with Gasteiger partial charge in [-0.05, 0) is 26.7 Å². The van der Waals surface area contributed by atoms with Crippen molar-refractivity contribution in [3.05, 3.63) is 11.4 Å². The predicted octanol–water partition coefficient (Wildman–Crippen LogP) is 2.35. The Labute approximate surface area is 115 Å². The van der Waals surface area contributed by atoms with Crippen molar-refractivity contribution in [3.63, 3.8) is 0 Å². The van der Waals surface area contributed by atoms with E-state index in [9.17, 15) is 0 Å². The van der Waals surface area contributed by atoms with Gasteiger partial charge in [0.15, 0.2) is 0 Å². The minimum absolute atomic E-state index is 0.180. The lowest BCUT2D eigenvalue weighted by Gasteiger charge is -2.18. The molecule has 1 atom stereocenters. The molecule has 1 heterocycles. The van der Waals surface area contributed by atoms with Crippen LogP contribution in [0, 0.1) is 6.92 Å². The van der Waals surface area contributed by atoms with Crippen LogP contribution in [-0.2, 0) is 6.42 Å². The molecule has 0 aliphatic carbocycles. The fourth-order valence-electron chi connectivity index (χ4n) is 1.78. The molecule has 0 saturated carbocycles. The van der Waals surface area contributed by atoms with Crippen LogP contribution < -0.4 is 10.6 Å². The van der Waals surface area contributed by atoms with Gasteiger partial charge in [-0.1, -0.05) is 13.8 Å². The van der Waals surface area contributed by atoms with E-state index in [0.29, 0.717) is 6.42 Å². The molecule has 0 bridgehead atoms. The van der Waals surface area contributed by atoms with Crippen LogP contribution in [0.2, 0.25) is 0 Å². The zero-order valence-electron chi connectivity index (χ0n) is 12.5. The Morgan fingerprint density at radius 2 is 1.89 bits per heavy atom. The van der Waals surface area contributed by atoms with Crippen molar-refractivity contribution in [3.8, 4) is 0 Å². The van der Waals surface area contributed by atoms with Gasteiger partial charge in [-0.2, -0.15) is 0 Å². The van der Waals surface area contributed by atoms with Crippen LogP contribution >= 0.6 is 0 Å². The first-order valence-corrected chi connectivity index (χ1v) is 7.11. The number of nitrogens with zero attached hydrogens (tertiary/aromatic N) is 2. The largest absolute Gasteiger partial charge is 0.396 e. The van der Waals surface area contributed by atoms with Gasteiger partial charge >= 0.3 is 0 Å². The molecular formula is C14H26N4O. The third-order valence-corrected chi connectivity index (χ3v) is 3.00. The maximum absolute atomic E-state index is 8.97. The highest BCUT2D eigenvalue weighted by molar-refractivity contribution is 5.57. The van der Waals surface area contributed by atoms with Crippen LogP contribution in [0.3, 0.4) is 0 Å². The van der Waals surface area contributed by atoms with Crippen molar-refractivity contribution in [1.29, 1.82) is 0 Å². The first-order valence-electron chi connectivity index (χ1n) is 7.11. The first kappa shape index (κ1) is 15.7. The molecule has 19 heavy (non-hydrogen) atoms. The van der Waals surface area contributed by atoms with E-state index >= 15 is 0 Å². The summed E-state index contributed by atoms with van der Waals surface area (Å²) in [4.78, 5) is 9.07. The second-order valence-corrected chi connectivity index (χ2v) is 4.80. The molecule has 0 amide bonds. The topological polar surface area (TPSA) is 70.1 Å². The lowest BCUT2D eigenvalue weighted by Crippen LogP contribution is -2.20. The van der Waals surface area contributed by atoms with Crippen LogP contribution in [0.1, 0.15) is 45.0 Å². The number of anilines is 2. The van der Waals surface area contributed by atoms with Crippen molar-refractivity contribution >= 4 is 11.6 Å². The minimum Gasteiger partial charge on any atom is -0.396 e. The Hall–Kier alpha value is -1.36. The summed E-state index contributed by atoms with van der Waals surface area (Å²) in [7, 11) is 0. The summed E-state index contributed by atoms with van der Waals surface area (Å²) in [5, 5.41) is 15.7. The Kier molecular flexibility index (Phi) is 6.56. The Balaban J connectivity index is 2.94. The number of aromatic nitrogens is 2. The molecule has 5 nitrogen and oxygen atoms in total. The molecule has 3 N–H and O–H groups in total. The molecule has 0 spiro atoms. The van der Waals surface area contributed by atoms with E-state index in [4.69, 9.17) is 5.11 Å². The van der Waals surface area contributed by atoms with Crippen molar-refractivity contribution in [1.82, 2.24) is 9.97 Å². The molecule has 1 aromatic rings. The lowest BCUT2D eigenvalue weighted by atomic mass is 10.2. The fourth-order valence-corrected chi connectivity index (χ4v) is 1.78. The average molecular weight is 266 g/mol. The summed E-state index contributed by atoms with van der Waals surface area (Å²) in [6.45, 7) is 9.34. The quantitative estimate of drug-likeness (QED) is 0.674. The number of aliphatic hydroxyl groups excluding tert-OH is 1. The van der Waals surface area contributed by atoms with Crippen LogP contribution in [-0.4, -0.2) is 34.3 Å². The molecule has 0 radical (unpaired) electrons. The minimum atomic E-state index is 0.180. The summed E-state index contributed by atoms with van der Waals surface area (Å²) in [5.74, 6) is 2.61. The molecule has 108 valence electrons. The molecular weight excluding hydrogens is 240 g/mol. The normalized spacial score (nSPS) is 12.3. The van der Waals surface area contributed by atoms with Gasteiger partial charge in [0.05, 0.1) is 0 Å². The SMILES string of the molecule is CCCNc1nc(CC)nc(NC(C)CCO)c1C. The van der Waals surface area contributed by atoms with Crippen molar-refractivity contribution in [2.75, 3.05) is 23.8 Å². The van der Waals surface area contributed by atoms with E-state index in [2.05, 4.69) is 34.4 Å². The molecule has 0 aliphatic rings. The summed E-state index contributed by atoms with van der Waals surface area (Å²) in [5.41, 5.74) is 1.04. The highest BCUT2D eigenvalue weighted by Crippen LogP contribution is 2.21. The van der Waals surface area contributed by atoms with Gasteiger partial charge in [-0.15, -0.1) is 0 Å². The van der Waals surface area contributed by atoms with E-state index in [-0.39, 0.29) is 12.6 Å². The highest BCUT2D eigenvalue weighted by Gasteiger charge is 2.11. The standard InChI is InChI=1S/C14H26N4O/c1-5-8-15-13-11(4)14(16-10(3)7-9-19)18-12(6-2)17-13/h10,19H,5-9H2,1-4H3,(H2,15,16,17,18). The summed E-state index contributed by atoms with van der Waals surface area (Å²) in [6, 6.07) is 0.197. The van der Waals surface area contributed by atoms with Crippen LogP contribution in [0.4, 0.5) is 11.6 Å². The molecule has 0 saturated heterocycles. The van der Waals surface area contributed by atoms with Gasteiger partial charge in [0.25, 0.3) is 0 Å². The second-order valence-electron chi connectivity index (χ2n) is 4.80. The fraction of sp³-hybridized carbons (Fsp3) is 0.714. The number of aliphatic hydroxyl groups is 1. The van der Waals surface area contributed by atoms with Gasteiger partial charge in [0.1, 0.15) is 17.5 Å². The predicted molar refractivity (Wildman–Crippen MR) is 79.7 cm³/mol. The number of hydrogen-bond acceptors (Lipinski definition) is 5. The maximum Gasteiger partial charge on any atom is 0.134 e. The number of nitrogens with one attached hydrogen (secondary N) is 2.